The van der Waals surface area contributed by atoms with E-state index in [9.17, 15) is 0 Å². The summed E-state index contributed by atoms with van der Waals surface area (Å²) in [6, 6.07) is 0. The van der Waals surface area contributed by atoms with Gasteiger partial charge in [0.2, 0.25) is 0 Å². The van der Waals surface area contributed by atoms with E-state index in [0.29, 0.717) is 5.92 Å². The molecule has 0 amide bonds. The maximum absolute atomic E-state index is 5.61. The molecule has 0 unspecified atom stereocenters. The second-order valence-corrected chi connectivity index (χ2v) is 7.98. The van der Waals surface area contributed by atoms with Crippen LogP contribution in [0.4, 0.5) is 0 Å². The van der Waals surface area contributed by atoms with Crippen LogP contribution < -0.4 is 0 Å². The van der Waals surface area contributed by atoms with Crippen molar-refractivity contribution in [3.63, 3.8) is 0 Å². The van der Waals surface area contributed by atoms with Crippen LogP contribution in [0.3, 0.4) is 0 Å². The minimum atomic E-state index is -0.251. The zero-order valence-corrected chi connectivity index (χ0v) is 13.3. The molecule has 0 fully saturated rings. The molecule has 0 bridgehead atoms. The summed E-state index contributed by atoms with van der Waals surface area (Å²) in [6.07, 6.45) is 2.20. The highest BCUT2D eigenvalue weighted by Gasteiger charge is 2.32. The summed E-state index contributed by atoms with van der Waals surface area (Å²) in [5, 5.41) is 0. The molecule has 0 aliphatic rings. The fourth-order valence-corrected chi connectivity index (χ4v) is 2.60. The summed E-state index contributed by atoms with van der Waals surface area (Å²) in [4.78, 5) is 11.1. The molecule has 0 aromatic carbocycles. The van der Waals surface area contributed by atoms with Gasteiger partial charge in [-0.15, -0.1) is 0 Å². The van der Waals surface area contributed by atoms with Crippen molar-refractivity contribution in [3.05, 3.63) is 0 Å². The van der Waals surface area contributed by atoms with Gasteiger partial charge in [0.05, 0.1) is 11.2 Å². The standard InChI is InChI=1S/C15H32O2/c1-12(2)10-14(6,7)11-15(8,9)17-16-13(3,4)5/h12H,10-11H2,1-9H3. The molecule has 0 rings (SSSR count). The van der Waals surface area contributed by atoms with Gasteiger partial charge in [0.15, 0.2) is 0 Å². The Morgan fingerprint density at radius 3 is 1.65 bits per heavy atom. The third-order valence-corrected chi connectivity index (χ3v) is 2.38. The number of hydrogen-bond acceptors (Lipinski definition) is 2. The highest BCUT2D eigenvalue weighted by molar-refractivity contribution is 4.80. The fourth-order valence-electron chi connectivity index (χ4n) is 2.60. The topological polar surface area (TPSA) is 18.5 Å². The van der Waals surface area contributed by atoms with E-state index >= 15 is 0 Å². The highest BCUT2D eigenvalue weighted by Crippen LogP contribution is 2.36. The van der Waals surface area contributed by atoms with E-state index in [1.807, 2.05) is 20.8 Å². The van der Waals surface area contributed by atoms with Gasteiger partial charge in [0.1, 0.15) is 0 Å². The molecular weight excluding hydrogens is 212 g/mol. The van der Waals surface area contributed by atoms with E-state index in [4.69, 9.17) is 9.78 Å². The van der Waals surface area contributed by atoms with Crippen molar-refractivity contribution in [3.8, 4) is 0 Å². The third kappa shape index (κ3) is 9.61. The van der Waals surface area contributed by atoms with Gasteiger partial charge in [0, 0.05) is 0 Å². The van der Waals surface area contributed by atoms with Crippen molar-refractivity contribution in [2.75, 3.05) is 0 Å². The molecule has 0 saturated carbocycles. The Bertz CT molecular complexity index is 222. The van der Waals surface area contributed by atoms with E-state index in [1.54, 1.807) is 0 Å². The first-order chi connectivity index (χ1) is 7.33. The fraction of sp³-hybridized carbons (Fsp3) is 1.00. The Kier molecular flexibility index (Phi) is 5.68. The lowest BCUT2D eigenvalue weighted by Crippen LogP contribution is -2.35. The summed E-state index contributed by atoms with van der Waals surface area (Å²) >= 11 is 0. The first-order valence-electron chi connectivity index (χ1n) is 6.70. The van der Waals surface area contributed by atoms with Crippen LogP contribution in [0.15, 0.2) is 0 Å². The SMILES string of the molecule is CC(C)CC(C)(C)CC(C)(C)OOC(C)(C)C. The van der Waals surface area contributed by atoms with E-state index in [1.165, 1.54) is 6.42 Å². The molecule has 17 heavy (non-hydrogen) atoms. The van der Waals surface area contributed by atoms with Crippen LogP contribution in [-0.2, 0) is 9.78 Å². The molecule has 0 atom stereocenters. The van der Waals surface area contributed by atoms with E-state index in [-0.39, 0.29) is 16.6 Å². The van der Waals surface area contributed by atoms with Crippen molar-refractivity contribution in [2.24, 2.45) is 11.3 Å². The monoisotopic (exact) mass is 244 g/mol. The Morgan fingerprint density at radius 1 is 0.824 bits per heavy atom. The number of rotatable bonds is 6. The maximum Gasteiger partial charge on any atom is 0.0985 e. The lowest BCUT2D eigenvalue weighted by Gasteiger charge is -2.36. The molecule has 2 nitrogen and oxygen atoms in total. The molecule has 2 heteroatoms. The lowest BCUT2D eigenvalue weighted by molar-refractivity contribution is -0.401. The van der Waals surface area contributed by atoms with Crippen molar-refractivity contribution >= 4 is 0 Å². The molecule has 0 saturated heterocycles. The first-order valence-corrected chi connectivity index (χ1v) is 6.70. The Hall–Kier alpha value is -0.0800. The van der Waals surface area contributed by atoms with Crippen LogP contribution in [0.5, 0.6) is 0 Å². The van der Waals surface area contributed by atoms with Crippen LogP contribution in [0, 0.1) is 11.3 Å². The molecule has 0 aromatic heterocycles. The molecule has 0 aliphatic heterocycles. The molecule has 0 aliphatic carbocycles. The van der Waals surface area contributed by atoms with Crippen LogP contribution in [0.25, 0.3) is 0 Å². The van der Waals surface area contributed by atoms with Crippen LogP contribution >= 0.6 is 0 Å². The van der Waals surface area contributed by atoms with Gasteiger partial charge in [-0.25, -0.2) is 9.78 Å². The summed E-state index contributed by atoms with van der Waals surface area (Å²) in [6.45, 7) is 19.3. The predicted molar refractivity (Wildman–Crippen MR) is 73.9 cm³/mol. The Balaban J connectivity index is 4.33. The molecule has 0 spiro atoms. The van der Waals surface area contributed by atoms with Gasteiger partial charge < -0.3 is 0 Å². The van der Waals surface area contributed by atoms with Gasteiger partial charge in [-0.05, 0) is 58.8 Å². The maximum atomic E-state index is 5.61. The zero-order chi connectivity index (χ0) is 13.9. The van der Waals surface area contributed by atoms with E-state index in [0.717, 1.165) is 6.42 Å². The molecule has 0 radical (unpaired) electrons. The summed E-state index contributed by atoms with van der Waals surface area (Å²) in [7, 11) is 0. The van der Waals surface area contributed by atoms with E-state index in [2.05, 4.69) is 41.5 Å². The van der Waals surface area contributed by atoms with Crippen molar-refractivity contribution in [1.82, 2.24) is 0 Å². The van der Waals surface area contributed by atoms with Crippen LogP contribution in [0.2, 0.25) is 0 Å². The van der Waals surface area contributed by atoms with Crippen molar-refractivity contribution < 1.29 is 9.78 Å². The van der Waals surface area contributed by atoms with Gasteiger partial charge in [0.25, 0.3) is 0 Å². The first kappa shape index (κ1) is 16.9. The van der Waals surface area contributed by atoms with Crippen LogP contribution in [-0.4, -0.2) is 11.2 Å². The summed E-state index contributed by atoms with van der Waals surface area (Å²) in [5.41, 5.74) is -0.218. The van der Waals surface area contributed by atoms with Crippen LogP contribution in [0.1, 0.15) is 75.2 Å². The molecule has 104 valence electrons. The molecule has 0 heterocycles. The van der Waals surface area contributed by atoms with Gasteiger partial charge in [-0.2, -0.15) is 0 Å². The Morgan fingerprint density at radius 2 is 1.29 bits per heavy atom. The predicted octanol–water partition coefficient (Wildman–Crippen LogP) is 4.97. The zero-order valence-electron chi connectivity index (χ0n) is 13.3. The smallest absolute Gasteiger partial charge is 0.0985 e. The normalized spacial score (nSPS) is 14.5. The minimum Gasteiger partial charge on any atom is -0.230 e. The molecular formula is C15H32O2. The van der Waals surface area contributed by atoms with Gasteiger partial charge >= 0.3 is 0 Å². The Labute approximate surface area is 108 Å². The quantitative estimate of drug-likeness (QED) is 0.485. The third-order valence-electron chi connectivity index (χ3n) is 2.38. The summed E-state index contributed by atoms with van der Waals surface area (Å²) < 4.78 is 0. The second kappa shape index (κ2) is 5.71. The lowest BCUT2D eigenvalue weighted by atomic mass is 9.76. The second-order valence-electron chi connectivity index (χ2n) is 7.98. The van der Waals surface area contributed by atoms with Crippen molar-refractivity contribution in [1.29, 1.82) is 0 Å². The average molecular weight is 244 g/mol. The minimum absolute atomic E-state index is 0.244. The highest BCUT2D eigenvalue weighted by atomic mass is 17.2. The van der Waals surface area contributed by atoms with Gasteiger partial charge in [-0.1, -0.05) is 27.7 Å². The number of hydrogen-bond donors (Lipinski definition) is 0. The van der Waals surface area contributed by atoms with E-state index < -0.39 is 0 Å². The average Bonchev–Trinajstić information content (AvgIpc) is 1.94. The largest absolute Gasteiger partial charge is 0.230 e. The van der Waals surface area contributed by atoms with Gasteiger partial charge in [-0.3, -0.25) is 0 Å². The summed E-state index contributed by atoms with van der Waals surface area (Å²) in [5.74, 6) is 0.712. The van der Waals surface area contributed by atoms with Crippen molar-refractivity contribution in [2.45, 2.75) is 86.4 Å². The molecule has 0 aromatic rings. The molecule has 0 N–H and O–H groups in total.